The molecule has 152 valence electrons. The number of amides is 2. The van der Waals surface area contributed by atoms with Gasteiger partial charge < -0.3 is 15.3 Å². The lowest BCUT2D eigenvalue weighted by Crippen LogP contribution is -2.27. The van der Waals surface area contributed by atoms with Gasteiger partial charge in [-0.25, -0.2) is 8.42 Å². The second kappa shape index (κ2) is 7.96. The average molecular weight is 415 g/mol. The van der Waals surface area contributed by atoms with Crippen molar-refractivity contribution in [1.29, 1.82) is 0 Å². The number of rotatable bonds is 6. The fourth-order valence-corrected chi connectivity index (χ4v) is 3.53. The minimum Gasteiger partial charge on any atom is -0.503 e. The van der Waals surface area contributed by atoms with Crippen LogP contribution < -0.4 is 10.0 Å². The Balaban J connectivity index is 1.69. The van der Waals surface area contributed by atoms with Gasteiger partial charge in [-0.2, -0.15) is 0 Å². The Morgan fingerprint density at radius 3 is 2.41 bits per heavy atom. The molecule has 0 radical (unpaired) electrons. The zero-order chi connectivity index (χ0) is 21.2. The van der Waals surface area contributed by atoms with Gasteiger partial charge in [-0.05, 0) is 34.9 Å². The van der Waals surface area contributed by atoms with Gasteiger partial charge in [-0.15, -0.1) is 0 Å². The van der Waals surface area contributed by atoms with Crippen LogP contribution in [0.3, 0.4) is 0 Å². The van der Waals surface area contributed by atoms with Gasteiger partial charge in [-0.3, -0.25) is 14.3 Å². The highest BCUT2D eigenvalue weighted by Crippen LogP contribution is 2.23. The third-order valence-corrected chi connectivity index (χ3v) is 5.01. The molecule has 1 aliphatic rings. The molecule has 29 heavy (non-hydrogen) atoms. The lowest BCUT2D eigenvalue weighted by atomic mass is 10.0. The maximum atomic E-state index is 12.3. The summed E-state index contributed by atoms with van der Waals surface area (Å²) >= 11 is 0. The predicted octanol–water partition coefficient (Wildman–Crippen LogP) is 1.63. The van der Waals surface area contributed by atoms with Crippen LogP contribution in [0, 0.1) is 0 Å². The molecular formula is C20H21N3O5S. The summed E-state index contributed by atoms with van der Waals surface area (Å²) in [5, 5.41) is 12.5. The van der Waals surface area contributed by atoms with E-state index in [0.29, 0.717) is 5.69 Å². The van der Waals surface area contributed by atoms with Gasteiger partial charge >= 0.3 is 0 Å². The molecule has 9 heteroatoms. The van der Waals surface area contributed by atoms with E-state index in [9.17, 15) is 23.1 Å². The van der Waals surface area contributed by atoms with Crippen molar-refractivity contribution in [2.75, 3.05) is 24.6 Å². The molecule has 3 N–H and O–H groups in total. The van der Waals surface area contributed by atoms with Gasteiger partial charge in [0.1, 0.15) is 0 Å². The minimum atomic E-state index is -3.33. The van der Waals surface area contributed by atoms with E-state index in [1.165, 1.54) is 11.9 Å². The Kier molecular flexibility index (Phi) is 5.60. The number of hydrogen-bond acceptors (Lipinski definition) is 5. The summed E-state index contributed by atoms with van der Waals surface area (Å²) in [6, 6.07) is 14.5. The molecule has 0 fully saturated rings. The Hall–Kier alpha value is -3.33. The van der Waals surface area contributed by atoms with Crippen molar-refractivity contribution in [3.05, 3.63) is 65.4 Å². The van der Waals surface area contributed by atoms with Crippen molar-refractivity contribution in [2.45, 2.75) is 6.54 Å². The van der Waals surface area contributed by atoms with Crippen molar-refractivity contribution < 1.29 is 23.1 Å². The fraction of sp³-hybridized carbons (Fsp3) is 0.200. The number of aliphatic hydroxyl groups excluding tert-OH is 1. The van der Waals surface area contributed by atoms with Gasteiger partial charge in [-0.1, -0.05) is 30.3 Å². The molecule has 8 nitrogen and oxygen atoms in total. The van der Waals surface area contributed by atoms with Crippen molar-refractivity contribution >= 4 is 27.5 Å². The quantitative estimate of drug-likeness (QED) is 0.663. The zero-order valence-electron chi connectivity index (χ0n) is 16.0. The number of anilines is 1. The molecule has 1 aliphatic heterocycles. The van der Waals surface area contributed by atoms with Gasteiger partial charge in [0, 0.05) is 19.3 Å². The molecule has 2 amide bonds. The molecule has 0 unspecified atom stereocenters. The van der Waals surface area contributed by atoms with E-state index in [1.54, 1.807) is 24.3 Å². The highest BCUT2D eigenvalue weighted by Gasteiger charge is 2.31. The van der Waals surface area contributed by atoms with Crippen LogP contribution in [-0.2, 0) is 26.2 Å². The highest BCUT2D eigenvalue weighted by molar-refractivity contribution is 7.92. The van der Waals surface area contributed by atoms with Crippen LogP contribution in [0.5, 0.6) is 0 Å². The van der Waals surface area contributed by atoms with Crippen LogP contribution in [0.1, 0.15) is 5.56 Å². The summed E-state index contributed by atoms with van der Waals surface area (Å²) in [5.41, 5.74) is 3.17. The molecule has 0 saturated heterocycles. The Labute approximate surface area is 168 Å². The lowest BCUT2D eigenvalue weighted by Gasteiger charge is -2.10. The molecule has 0 atom stereocenters. The van der Waals surface area contributed by atoms with Crippen molar-refractivity contribution in [3.8, 4) is 11.1 Å². The fourth-order valence-electron chi connectivity index (χ4n) is 2.97. The number of carbonyl (C=O) groups is 2. The van der Waals surface area contributed by atoms with E-state index in [0.717, 1.165) is 22.9 Å². The Morgan fingerprint density at radius 2 is 1.83 bits per heavy atom. The number of benzene rings is 2. The first-order valence-corrected chi connectivity index (χ1v) is 10.7. The molecule has 1 heterocycles. The molecular weight excluding hydrogens is 394 g/mol. The van der Waals surface area contributed by atoms with E-state index in [1.807, 2.05) is 24.3 Å². The summed E-state index contributed by atoms with van der Waals surface area (Å²) in [5.74, 6) is -1.56. The molecule has 3 rings (SSSR count). The summed E-state index contributed by atoms with van der Waals surface area (Å²) in [4.78, 5) is 25.1. The predicted molar refractivity (Wildman–Crippen MR) is 109 cm³/mol. The van der Waals surface area contributed by atoms with Crippen molar-refractivity contribution in [1.82, 2.24) is 10.2 Å². The number of carbonyl (C=O) groups excluding carboxylic acids is 2. The first-order valence-electron chi connectivity index (χ1n) is 8.77. The van der Waals surface area contributed by atoms with Gasteiger partial charge in [0.2, 0.25) is 10.0 Å². The molecule has 0 bridgehead atoms. The summed E-state index contributed by atoms with van der Waals surface area (Å²) in [6.07, 6.45) is 1.09. The molecule has 2 aromatic rings. The van der Waals surface area contributed by atoms with E-state index < -0.39 is 27.6 Å². The first-order chi connectivity index (χ1) is 13.6. The molecule has 0 aliphatic carbocycles. The monoisotopic (exact) mass is 415 g/mol. The number of sulfonamides is 1. The Morgan fingerprint density at radius 1 is 1.14 bits per heavy atom. The van der Waals surface area contributed by atoms with Crippen LogP contribution >= 0.6 is 0 Å². The molecule has 0 spiro atoms. The standard InChI is InChI=1S/C20H21N3O5S/c1-23-12-17(18(24)20(23)26)19(25)21-11-13-4-3-5-15(10-13)14-6-8-16(9-7-14)22-29(2,27)28/h3-10,22,24H,11-12H2,1-2H3,(H,21,25). The van der Waals surface area contributed by atoms with E-state index in [4.69, 9.17) is 0 Å². The van der Waals surface area contributed by atoms with Crippen LogP contribution in [0.25, 0.3) is 11.1 Å². The highest BCUT2D eigenvalue weighted by atomic mass is 32.2. The third-order valence-electron chi connectivity index (χ3n) is 4.41. The Bertz CT molecular complexity index is 1090. The van der Waals surface area contributed by atoms with E-state index >= 15 is 0 Å². The molecule has 2 aromatic carbocycles. The van der Waals surface area contributed by atoms with Crippen molar-refractivity contribution in [3.63, 3.8) is 0 Å². The normalized spacial score (nSPS) is 14.3. The molecule has 0 saturated carbocycles. The SMILES string of the molecule is CN1CC(C(=O)NCc2cccc(-c3ccc(NS(C)(=O)=O)cc3)c2)=C(O)C1=O. The number of hydrogen-bond donors (Lipinski definition) is 3. The third kappa shape index (κ3) is 4.94. The van der Waals surface area contributed by atoms with Gasteiger partial charge in [0.25, 0.3) is 11.8 Å². The maximum absolute atomic E-state index is 12.3. The minimum absolute atomic E-state index is 0.0580. The van der Waals surface area contributed by atoms with Crippen molar-refractivity contribution in [2.24, 2.45) is 0 Å². The second-order valence-electron chi connectivity index (χ2n) is 6.82. The number of nitrogens with one attached hydrogen (secondary N) is 2. The van der Waals surface area contributed by atoms with Gasteiger partial charge in [0.15, 0.2) is 5.76 Å². The summed E-state index contributed by atoms with van der Waals surface area (Å²) in [6.45, 7) is 0.305. The lowest BCUT2D eigenvalue weighted by molar-refractivity contribution is -0.126. The van der Waals surface area contributed by atoms with E-state index in [2.05, 4.69) is 10.0 Å². The topological polar surface area (TPSA) is 116 Å². The van der Waals surface area contributed by atoms with Crippen LogP contribution in [-0.4, -0.2) is 50.1 Å². The number of nitrogens with zero attached hydrogens (tertiary/aromatic N) is 1. The zero-order valence-corrected chi connectivity index (χ0v) is 16.8. The van der Waals surface area contributed by atoms with Crippen LogP contribution in [0.2, 0.25) is 0 Å². The summed E-state index contributed by atoms with van der Waals surface area (Å²) in [7, 11) is -1.82. The number of aliphatic hydroxyl groups is 1. The van der Waals surface area contributed by atoms with E-state index in [-0.39, 0.29) is 18.7 Å². The van der Waals surface area contributed by atoms with Crippen LogP contribution in [0.4, 0.5) is 5.69 Å². The first kappa shape index (κ1) is 20.4. The number of likely N-dealkylation sites (N-methyl/N-ethyl adjacent to an activating group) is 1. The largest absolute Gasteiger partial charge is 0.503 e. The second-order valence-corrected chi connectivity index (χ2v) is 8.57. The van der Waals surface area contributed by atoms with Crippen LogP contribution in [0.15, 0.2) is 59.9 Å². The van der Waals surface area contributed by atoms with Gasteiger partial charge in [0.05, 0.1) is 18.4 Å². The molecule has 0 aromatic heterocycles. The maximum Gasteiger partial charge on any atom is 0.289 e. The summed E-state index contributed by atoms with van der Waals surface area (Å²) < 4.78 is 25.0. The average Bonchev–Trinajstić information content (AvgIpc) is 2.93. The smallest absolute Gasteiger partial charge is 0.289 e.